The lowest BCUT2D eigenvalue weighted by atomic mass is 10.2. The number of nitrogens with one attached hydrogen (secondary N) is 1. The van der Waals surface area contributed by atoms with Crippen molar-refractivity contribution in [3.05, 3.63) is 22.6 Å². The molecule has 1 saturated heterocycles. The minimum absolute atomic E-state index is 0.189. The second kappa shape index (κ2) is 6.54. The molecule has 1 aromatic rings. The van der Waals surface area contributed by atoms with E-state index < -0.39 is 0 Å². The Hall–Kier alpha value is -0.360. The highest BCUT2D eigenvalue weighted by molar-refractivity contribution is 9.10. The molecule has 0 bridgehead atoms. The zero-order valence-corrected chi connectivity index (χ0v) is 11.4. The van der Waals surface area contributed by atoms with Gasteiger partial charge in [0.25, 0.3) is 0 Å². The summed E-state index contributed by atoms with van der Waals surface area (Å²) >= 11 is 3.30. The van der Waals surface area contributed by atoms with Gasteiger partial charge in [-0.25, -0.2) is 0 Å². The number of hydrogen-bond donors (Lipinski definition) is 2. The normalized spacial score (nSPS) is 20.3. The minimum Gasteiger partial charge on any atom is -0.453 e. The molecule has 1 fully saturated rings. The summed E-state index contributed by atoms with van der Waals surface area (Å²) in [5.41, 5.74) is 0. The second-order valence-electron chi connectivity index (χ2n) is 4.46. The highest BCUT2D eigenvalue weighted by atomic mass is 79.9. The summed E-state index contributed by atoms with van der Waals surface area (Å²) in [6.45, 7) is 3.72. The largest absolute Gasteiger partial charge is 0.453 e. The van der Waals surface area contributed by atoms with Crippen LogP contribution in [-0.4, -0.2) is 42.3 Å². The van der Waals surface area contributed by atoms with Gasteiger partial charge in [-0.05, 0) is 47.4 Å². The van der Waals surface area contributed by atoms with Crippen molar-refractivity contribution < 1.29 is 9.52 Å². The fourth-order valence-corrected chi connectivity index (χ4v) is 2.60. The lowest BCUT2D eigenvalue weighted by molar-refractivity contribution is 0.169. The van der Waals surface area contributed by atoms with Gasteiger partial charge in [0.1, 0.15) is 5.76 Å². The van der Waals surface area contributed by atoms with Crippen molar-refractivity contribution in [2.75, 3.05) is 26.2 Å². The maximum atomic E-state index is 9.09. The van der Waals surface area contributed by atoms with Gasteiger partial charge in [0.2, 0.25) is 0 Å². The number of nitrogens with zero attached hydrogens (tertiary/aromatic N) is 1. The Morgan fingerprint density at radius 2 is 2.41 bits per heavy atom. The first-order valence-corrected chi connectivity index (χ1v) is 6.88. The van der Waals surface area contributed by atoms with Crippen LogP contribution in [0.2, 0.25) is 0 Å². The molecule has 0 spiro atoms. The average Bonchev–Trinajstić information content (AvgIpc) is 2.91. The van der Waals surface area contributed by atoms with Crippen LogP contribution < -0.4 is 5.32 Å². The average molecular weight is 303 g/mol. The molecule has 0 saturated carbocycles. The van der Waals surface area contributed by atoms with E-state index in [2.05, 4.69) is 26.1 Å². The van der Waals surface area contributed by atoms with E-state index in [0.29, 0.717) is 12.6 Å². The number of halogens is 1. The van der Waals surface area contributed by atoms with Gasteiger partial charge in [-0.15, -0.1) is 0 Å². The molecule has 17 heavy (non-hydrogen) atoms. The zero-order chi connectivity index (χ0) is 12.1. The van der Waals surface area contributed by atoms with Gasteiger partial charge < -0.3 is 14.8 Å². The SMILES string of the molecule is OCCN(Cc1ccc(Br)o1)CC1CCCN1. The Morgan fingerprint density at radius 1 is 1.53 bits per heavy atom. The zero-order valence-electron chi connectivity index (χ0n) is 9.86. The Labute approximate surface area is 110 Å². The van der Waals surface area contributed by atoms with Crippen LogP contribution in [0.25, 0.3) is 0 Å². The molecule has 1 aliphatic rings. The summed E-state index contributed by atoms with van der Waals surface area (Å²) in [6, 6.07) is 4.43. The molecular weight excluding hydrogens is 284 g/mol. The Balaban J connectivity index is 1.87. The molecule has 5 heteroatoms. The van der Waals surface area contributed by atoms with Crippen LogP contribution in [0.4, 0.5) is 0 Å². The molecule has 1 aliphatic heterocycles. The third-order valence-corrected chi connectivity index (χ3v) is 3.49. The van der Waals surface area contributed by atoms with Gasteiger partial charge >= 0.3 is 0 Å². The monoisotopic (exact) mass is 302 g/mol. The van der Waals surface area contributed by atoms with Crippen molar-refractivity contribution in [1.29, 1.82) is 0 Å². The predicted molar refractivity (Wildman–Crippen MR) is 69.8 cm³/mol. The summed E-state index contributed by atoms with van der Waals surface area (Å²) in [4.78, 5) is 2.23. The van der Waals surface area contributed by atoms with E-state index in [-0.39, 0.29) is 6.61 Å². The molecule has 0 aromatic carbocycles. The number of hydrogen-bond acceptors (Lipinski definition) is 4. The maximum Gasteiger partial charge on any atom is 0.169 e. The lowest BCUT2D eigenvalue weighted by Gasteiger charge is -2.23. The van der Waals surface area contributed by atoms with E-state index in [9.17, 15) is 0 Å². The topological polar surface area (TPSA) is 48.6 Å². The minimum atomic E-state index is 0.189. The first kappa shape index (κ1) is 13.1. The second-order valence-corrected chi connectivity index (χ2v) is 5.24. The lowest BCUT2D eigenvalue weighted by Crippen LogP contribution is -2.38. The van der Waals surface area contributed by atoms with Crippen molar-refractivity contribution in [2.24, 2.45) is 0 Å². The summed E-state index contributed by atoms with van der Waals surface area (Å²) in [6.07, 6.45) is 2.48. The number of aliphatic hydroxyl groups is 1. The molecule has 0 aliphatic carbocycles. The van der Waals surface area contributed by atoms with Gasteiger partial charge in [-0.2, -0.15) is 0 Å². The van der Waals surface area contributed by atoms with Crippen LogP contribution in [0.3, 0.4) is 0 Å². The third-order valence-electron chi connectivity index (χ3n) is 3.07. The molecule has 1 aromatic heterocycles. The molecule has 0 radical (unpaired) electrons. The standard InChI is InChI=1S/C12H19BrN2O2/c13-12-4-3-11(17-12)9-15(6-7-16)8-10-2-1-5-14-10/h3-4,10,14,16H,1-2,5-9H2. The van der Waals surface area contributed by atoms with Gasteiger partial charge in [-0.1, -0.05) is 0 Å². The molecule has 1 atom stereocenters. The van der Waals surface area contributed by atoms with Crippen LogP contribution in [0.5, 0.6) is 0 Å². The van der Waals surface area contributed by atoms with Crippen molar-refractivity contribution >= 4 is 15.9 Å². The van der Waals surface area contributed by atoms with Crippen LogP contribution in [0.1, 0.15) is 18.6 Å². The van der Waals surface area contributed by atoms with E-state index >= 15 is 0 Å². The van der Waals surface area contributed by atoms with Gasteiger partial charge in [0.15, 0.2) is 4.67 Å². The fourth-order valence-electron chi connectivity index (χ4n) is 2.26. The van der Waals surface area contributed by atoms with Crippen LogP contribution in [0.15, 0.2) is 21.2 Å². The Kier molecular flexibility index (Phi) is 5.03. The molecule has 2 N–H and O–H groups in total. The van der Waals surface area contributed by atoms with Crippen molar-refractivity contribution in [3.8, 4) is 0 Å². The van der Waals surface area contributed by atoms with Crippen LogP contribution in [-0.2, 0) is 6.54 Å². The molecular formula is C12H19BrN2O2. The van der Waals surface area contributed by atoms with E-state index in [1.165, 1.54) is 12.8 Å². The van der Waals surface area contributed by atoms with Gasteiger partial charge in [-0.3, -0.25) is 4.90 Å². The first-order chi connectivity index (χ1) is 8.28. The summed E-state index contributed by atoms with van der Waals surface area (Å²) in [7, 11) is 0. The number of rotatable bonds is 6. The maximum absolute atomic E-state index is 9.09. The first-order valence-electron chi connectivity index (χ1n) is 6.09. The van der Waals surface area contributed by atoms with Crippen molar-refractivity contribution in [3.63, 3.8) is 0 Å². The van der Waals surface area contributed by atoms with Crippen molar-refractivity contribution in [2.45, 2.75) is 25.4 Å². The molecule has 4 nitrogen and oxygen atoms in total. The van der Waals surface area contributed by atoms with E-state index in [4.69, 9.17) is 9.52 Å². The fraction of sp³-hybridized carbons (Fsp3) is 0.667. The molecule has 1 unspecified atom stereocenters. The van der Waals surface area contributed by atoms with Gasteiger partial charge in [0, 0.05) is 19.1 Å². The van der Waals surface area contributed by atoms with Crippen LogP contribution in [0, 0.1) is 0 Å². The highest BCUT2D eigenvalue weighted by Gasteiger charge is 2.18. The predicted octanol–water partition coefficient (Wildman–Crippen LogP) is 1.59. The molecule has 2 rings (SSSR count). The van der Waals surface area contributed by atoms with Gasteiger partial charge in [0.05, 0.1) is 13.2 Å². The van der Waals surface area contributed by atoms with E-state index in [1.54, 1.807) is 0 Å². The molecule has 2 heterocycles. The number of aliphatic hydroxyl groups excluding tert-OH is 1. The summed E-state index contributed by atoms with van der Waals surface area (Å²) in [5, 5.41) is 12.6. The molecule has 96 valence electrons. The van der Waals surface area contributed by atoms with E-state index in [1.807, 2.05) is 12.1 Å². The Morgan fingerprint density at radius 3 is 3.00 bits per heavy atom. The van der Waals surface area contributed by atoms with E-state index in [0.717, 1.165) is 30.1 Å². The highest BCUT2D eigenvalue weighted by Crippen LogP contribution is 2.16. The Bertz CT molecular complexity index is 337. The third kappa shape index (κ3) is 4.10. The van der Waals surface area contributed by atoms with Crippen LogP contribution >= 0.6 is 15.9 Å². The summed E-state index contributed by atoms with van der Waals surface area (Å²) in [5.74, 6) is 0.934. The smallest absolute Gasteiger partial charge is 0.169 e. The quantitative estimate of drug-likeness (QED) is 0.838. The number of furan rings is 1. The van der Waals surface area contributed by atoms with Crippen molar-refractivity contribution in [1.82, 2.24) is 10.2 Å². The summed E-state index contributed by atoms with van der Waals surface area (Å²) < 4.78 is 6.26. The molecule has 0 amide bonds.